The minimum atomic E-state index is 0.330. The standard InChI is InChI=1S/C44H79NO/c1-6-8-10-12-14-16-18-20-22-24-26-28-30-32-34-36-40-44(46-43(3)39-38-42-45(4)5)41-37-35-33-31-29-27-25-23-21-19-17-15-13-11-9-7-2/h14-17,20-23,30,32,44H,3,6-13,18-19,24-29,31,33-42H2,1-2,4-5H3/b16-14-,17-15-,22-20-,23-21-,32-30+. The number of unbranched alkanes of at least 4 members (excludes halogenated alkanes) is 15. The Labute approximate surface area is 289 Å². The minimum absolute atomic E-state index is 0.330. The van der Waals surface area contributed by atoms with Crippen LogP contribution in [0.25, 0.3) is 0 Å². The van der Waals surface area contributed by atoms with Crippen molar-refractivity contribution in [2.75, 3.05) is 20.6 Å². The summed E-state index contributed by atoms with van der Waals surface area (Å²) < 4.78 is 6.42. The Bertz CT molecular complexity index is 771. The summed E-state index contributed by atoms with van der Waals surface area (Å²) in [6, 6.07) is 0. The monoisotopic (exact) mass is 638 g/mol. The van der Waals surface area contributed by atoms with E-state index in [2.05, 4.69) is 100 Å². The van der Waals surface area contributed by atoms with E-state index in [1.807, 2.05) is 0 Å². The van der Waals surface area contributed by atoms with E-state index in [0.717, 1.165) is 50.8 Å². The molecule has 0 radical (unpaired) electrons. The average Bonchev–Trinajstić information content (AvgIpc) is 3.04. The molecule has 0 heterocycles. The number of rotatable bonds is 35. The summed E-state index contributed by atoms with van der Waals surface area (Å²) in [4.78, 5) is 2.24. The van der Waals surface area contributed by atoms with Crippen molar-refractivity contribution >= 4 is 0 Å². The third-order valence-electron chi connectivity index (χ3n) is 8.51. The number of ether oxygens (including phenoxy) is 1. The first-order valence-corrected chi connectivity index (χ1v) is 19.8. The third kappa shape index (κ3) is 36.7. The van der Waals surface area contributed by atoms with Crippen molar-refractivity contribution in [2.24, 2.45) is 0 Å². The van der Waals surface area contributed by atoms with Crippen LogP contribution in [0.15, 0.2) is 73.1 Å². The topological polar surface area (TPSA) is 12.5 Å². The molecule has 0 spiro atoms. The predicted octanol–water partition coefficient (Wildman–Crippen LogP) is 14.4. The summed E-state index contributed by atoms with van der Waals surface area (Å²) in [5, 5.41) is 0. The van der Waals surface area contributed by atoms with Crippen molar-refractivity contribution in [2.45, 2.75) is 187 Å². The molecule has 0 saturated carbocycles. The fourth-order valence-electron chi connectivity index (χ4n) is 5.58. The van der Waals surface area contributed by atoms with E-state index in [1.54, 1.807) is 0 Å². The van der Waals surface area contributed by atoms with E-state index in [9.17, 15) is 0 Å². The molecule has 2 heteroatoms. The fraction of sp³-hybridized carbons (Fsp3) is 0.727. The van der Waals surface area contributed by atoms with Gasteiger partial charge in [-0.05, 0) is 130 Å². The Morgan fingerprint density at radius 3 is 1.43 bits per heavy atom. The van der Waals surface area contributed by atoms with Gasteiger partial charge in [0.15, 0.2) is 0 Å². The van der Waals surface area contributed by atoms with E-state index in [0.29, 0.717) is 6.10 Å². The van der Waals surface area contributed by atoms with E-state index in [-0.39, 0.29) is 0 Å². The lowest BCUT2D eigenvalue weighted by Gasteiger charge is -2.21. The van der Waals surface area contributed by atoms with Gasteiger partial charge in [-0.2, -0.15) is 0 Å². The number of nitrogens with zero attached hydrogens (tertiary/aromatic N) is 1. The zero-order valence-corrected chi connectivity index (χ0v) is 31.5. The van der Waals surface area contributed by atoms with E-state index in [1.165, 1.54) is 128 Å². The highest BCUT2D eigenvalue weighted by Gasteiger charge is 2.11. The second-order valence-corrected chi connectivity index (χ2v) is 13.6. The van der Waals surface area contributed by atoms with Gasteiger partial charge in [0.25, 0.3) is 0 Å². The minimum Gasteiger partial charge on any atom is -0.495 e. The fourth-order valence-corrected chi connectivity index (χ4v) is 5.58. The maximum atomic E-state index is 6.42. The van der Waals surface area contributed by atoms with Crippen LogP contribution in [0.5, 0.6) is 0 Å². The largest absolute Gasteiger partial charge is 0.495 e. The van der Waals surface area contributed by atoms with Crippen molar-refractivity contribution in [3.8, 4) is 0 Å². The summed E-state index contributed by atoms with van der Waals surface area (Å²) in [6.07, 6.45) is 56.2. The molecule has 0 aromatic carbocycles. The van der Waals surface area contributed by atoms with Gasteiger partial charge in [0.2, 0.25) is 0 Å². The molecule has 266 valence electrons. The third-order valence-corrected chi connectivity index (χ3v) is 8.51. The van der Waals surface area contributed by atoms with Crippen molar-refractivity contribution in [1.82, 2.24) is 4.90 Å². The Morgan fingerprint density at radius 2 is 0.913 bits per heavy atom. The van der Waals surface area contributed by atoms with Gasteiger partial charge in [-0.15, -0.1) is 0 Å². The molecule has 2 nitrogen and oxygen atoms in total. The molecule has 0 rings (SSSR count). The van der Waals surface area contributed by atoms with Crippen LogP contribution in [0.4, 0.5) is 0 Å². The van der Waals surface area contributed by atoms with Crippen LogP contribution < -0.4 is 0 Å². The Morgan fingerprint density at radius 1 is 0.500 bits per heavy atom. The zero-order chi connectivity index (χ0) is 33.6. The van der Waals surface area contributed by atoms with E-state index in [4.69, 9.17) is 4.74 Å². The maximum absolute atomic E-state index is 6.42. The SMILES string of the molecule is C=C(CCCN(C)C)OC(CCC/C=C/CCC/C=C\C/C=C\CCCCC)CCCCCCCC/C=C\C/C=C\CCCCC. The smallest absolute Gasteiger partial charge is 0.0982 e. The summed E-state index contributed by atoms with van der Waals surface area (Å²) >= 11 is 0. The highest BCUT2D eigenvalue weighted by molar-refractivity contribution is 4.94. The second kappa shape index (κ2) is 37.7. The Kier molecular flexibility index (Phi) is 36.2. The van der Waals surface area contributed by atoms with E-state index < -0.39 is 0 Å². The highest BCUT2D eigenvalue weighted by Crippen LogP contribution is 2.20. The van der Waals surface area contributed by atoms with Gasteiger partial charge < -0.3 is 9.64 Å². The number of hydrogen-bond acceptors (Lipinski definition) is 2. The van der Waals surface area contributed by atoms with Gasteiger partial charge in [-0.25, -0.2) is 0 Å². The zero-order valence-electron chi connectivity index (χ0n) is 31.5. The average molecular weight is 638 g/mol. The van der Waals surface area contributed by atoms with Crippen LogP contribution in [-0.4, -0.2) is 31.6 Å². The molecule has 0 fully saturated rings. The van der Waals surface area contributed by atoms with Gasteiger partial charge in [0.1, 0.15) is 0 Å². The van der Waals surface area contributed by atoms with E-state index >= 15 is 0 Å². The lowest BCUT2D eigenvalue weighted by atomic mass is 10.0. The lowest BCUT2D eigenvalue weighted by Crippen LogP contribution is -2.15. The molecule has 1 atom stereocenters. The quantitative estimate of drug-likeness (QED) is 0.0389. The van der Waals surface area contributed by atoms with Crippen LogP contribution >= 0.6 is 0 Å². The summed E-state index contributed by atoms with van der Waals surface area (Å²) in [5.74, 6) is 0.988. The highest BCUT2D eigenvalue weighted by atomic mass is 16.5. The molecule has 0 amide bonds. The van der Waals surface area contributed by atoms with Crippen LogP contribution in [-0.2, 0) is 4.74 Å². The molecular formula is C44H79NO. The van der Waals surface area contributed by atoms with Gasteiger partial charge in [-0.3, -0.25) is 0 Å². The predicted molar refractivity (Wildman–Crippen MR) is 210 cm³/mol. The molecule has 0 N–H and O–H groups in total. The van der Waals surface area contributed by atoms with Gasteiger partial charge in [0.05, 0.1) is 11.9 Å². The Hall–Kier alpha value is -1.80. The molecule has 0 aliphatic rings. The Balaban J connectivity index is 4.09. The molecule has 0 aliphatic heterocycles. The number of hydrogen-bond donors (Lipinski definition) is 0. The van der Waals surface area contributed by atoms with Crippen molar-refractivity contribution in [1.29, 1.82) is 0 Å². The summed E-state index contributed by atoms with van der Waals surface area (Å²) in [5.41, 5.74) is 0. The first-order chi connectivity index (χ1) is 22.6. The molecule has 0 aromatic heterocycles. The molecule has 0 saturated heterocycles. The van der Waals surface area contributed by atoms with Crippen molar-refractivity contribution in [3.63, 3.8) is 0 Å². The van der Waals surface area contributed by atoms with Crippen LogP contribution in [0.1, 0.15) is 181 Å². The first kappa shape index (κ1) is 44.2. The van der Waals surface area contributed by atoms with Crippen molar-refractivity contribution in [3.05, 3.63) is 73.1 Å². The maximum Gasteiger partial charge on any atom is 0.0982 e. The number of allylic oxidation sites excluding steroid dienone is 11. The molecule has 0 aliphatic carbocycles. The van der Waals surface area contributed by atoms with Gasteiger partial charge >= 0.3 is 0 Å². The second-order valence-electron chi connectivity index (χ2n) is 13.6. The normalized spacial score (nSPS) is 13.2. The molecule has 0 bridgehead atoms. The molecule has 1 unspecified atom stereocenters. The first-order valence-electron chi connectivity index (χ1n) is 19.8. The molecular weight excluding hydrogens is 558 g/mol. The van der Waals surface area contributed by atoms with Gasteiger partial charge in [0, 0.05) is 6.42 Å². The summed E-state index contributed by atoms with van der Waals surface area (Å²) in [6.45, 7) is 9.89. The van der Waals surface area contributed by atoms with Crippen LogP contribution in [0.2, 0.25) is 0 Å². The van der Waals surface area contributed by atoms with Crippen LogP contribution in [0, 0.1) is 0 Å². The molecule has 46 heavy (non-hydrogen) atoms. The van der Waals surface area contributed by atoms with Crippen molar-refractivity contribution < 1.29 is 4.74 Å². The molecule has 0 aromatic rings. The van der Waals surface area contributed by atoms with Gasteiger partial charge in [-0.1, -0.05) is 133 Å². The lowest BCUT2D eigenvalue weighted by molar-refractivity contribution is 0.0900. The van der Waals surface area contributed by atoms with Crippen LogP contribution in [0.3, 0.4) is 0 Å². The summed E-state index contributed by atoms with van der Waals surface area (Å²) in [7, 11) is 4.27.